The van der Waals surface area contributed by atoms with Gasteiger partial charge in [0.2, 0.25) is 0 Å². The summed E-state index contributed by atoms with van der Waals surface area (Å²) in [6.45, 7) is 12.8. The molecule has 0 saturated heterocycles. The van der Waals surface area contributed by atoms with Gasteiger partial charge in [-0.25, -0.2) is 4.79 Å². The zero-order chi connectivity index (χ0) is 32.2. The van der Waals surface area contributed by atoms with E-state index in [4.69, 9.17) is 4.74 Å². The highest BCUT2D eigenvalue weighted by Crippen LogP contribution is 2.44. The van der Waals surface area contributed by atoms with E-state index in [0.29, 0.717) is 5.57 Å². The van der Waals surface area contributed by atoms with Crippen molar-refractivity contribution in [1.82, 2.24) is 0 Å². The average Bonchev–Trinajstić information content (AvgIpc) is 3.06. The summed E-state index contributed by atoms with van der Waals surface area (Å²) < 4.78 is 5.28. The molecule has 0 amide bonds. The largest absolute Gasteiger partial charge is 0.462 e. The lowest BCUT2D eigenvalue weighted by Crippen LogP contribution is -2.41. The third-order valence-electron chi connectivity index (χ3n) is 11.4. The van der Waals surface area contributed by atoms with Crippen LogP contribution in [-0.2, 0) is 9.53 Å². The van der Waals surface area contributed by atoms with Gasteiger partial charge >= 0.3 is 5.97 Å². The smallest absolute Gasteiger partial charge is 0.333 e. The van der Waals surface area contributed by atoms with Crippen molar-refractivity contribution >= 4 is 19.2 Å². The van der Waals surface area contributed by atoms with Gasteiger partial charge in [-0.3, -0.25) is 0 Å². The van der Waals surface area contributed by atoms with E-state index in [2.05, 4.69) is 75.1 Å². The highest BCUT2D eigenvalue weighted by molar-refractivity contribution is 6.89. The maximum absolute atomic E-state index is 11.7. The molecule has 1 atom stereocenters. The summed E-state index contributed by atoms with van der Waals surface area (Å²) in [5, 5.41) is 11.2. The van der Waals surface area contributed by atoms with E-state index in [0.717, 1.165) is 42.6 Å². The van der Waals surface area contributed by atoms with Crippen molar-refractivity contribution in [1.29, 1.82) is 0 Å². The second-order valence-electron chi connectivity index (χ2n) is 15.3. The summed E-state index contributed by atoms with van der Waals surface area (Å²) in [6, 6.07) is 19.9. The topological polar surface area (TPSA) is 46.5 Å². The Balaban J connectivity index is 1.21. The van der Waals surface area contributed by atoms with Crippen LogP contribution >= 0.6 is 0 Å². The fourth-order valence-electron chi connectivity index (χ4n) is 8.14. The van der Waals surface area contributed by atoms with Crippen molar-refractivity contribution in [2.24, 2.45) is 23.7 Å². The van der Waals surface area contributed by atoms with E-state index >= 15 is 0 Å². The zero-order valence-corrected chi connectivity index (χ0v) is 30.0. The number of hydrogen-bond donors (Lipinski definition) is 1. The van der Waals surface area contributed by atoms with Crippen LogP contribution in [0.1, 0.15) is 115 Å². The predicted octanol–water partition coefficient (Wildman–Crippen LogP) is 10.4. The van der Waals surface area contributed by atoms with E-state index in [1.54, 1.807) is 6.92 Å². The van der Waals surface area contributed by atoms with Crippen molar-refractivity contribution in [2.45, 2.75) is 129 Å². The number of unbranched alkanes of at least 4 members (excludes halogenated alkanes) is 2. The van der Waals surface area contributed by atoms with Crippen molar-refractivity contribution in [3.63, 3.8) is 0 Å². The second kappa shape index (κ2) is 17.7. The number of rotatable bonds is 16. The van der Waals surface area contributed by atoms with Gasteiger partial charge in [-0.1, -0.05) is 131 Å². The van der Waals surface area contributed by atoms with Crippen molar-refractivity contribution in [3.05, 3.63) is 66.2 Å². The molecule has 1 N–H and O–H groups in total. The number of carbonyl (C=O) groups excluding carboxylic acids is 1. The fraction of sp³-hybridized carbons (Fsp3) is 0.634. The third kappa shape index (κ3) is 10.7. The van der Waals surface area contributed by atoms with Crippen LogP contribution in [0.2, 0.25) is 19.1 Å². The fourth-order valence-corrected chi connectivity index (χ4v) is 10.6. The maximum Gasteiger partial charge on any atom is 0.333 e. The summed E-state index contributed by atoms with van der Waals surface area (Å²) in [5.74, 6) is 3.35. The molecule has 0 aliphatic heterocycles. The Hall–Kier alpha value is -2.17. The van der Waals surface area contributed by atoms with E-state index in [9.17, 15) is 9.90 Å². The zero-order valence-electron chi connectivity index (χ0n) is 29.0. The Bertz CT molecular complexity index is 1170. The highest BCUT2D eigenvalue weighted by Gasteiger charge is 2.31. The summed E-state index contributed by atoms with van der Waals surface area (Å²) in [7, 11) is -1.61. The molecular weight excluding hydrogens is 569 g/mol. The van der Waals surface area contributed by atoms with Gasteiger partial charge in [0.25, 0.3) is 0 Å². The molecule has 0 heterocycles. The lowest BCUT2D eigenvalue weighted by atomic mass is 9.68. The lowest BCUT2D eigenvalue weighted by Gasteiger charge is -2.38. The Morgan fingerprint density at radius 3 is 2.00 bits per heavy atom. The number of carbonyl (C=O) groups is 1. The molecule has 0 radical (unpaired) electrons. The summed E-state index contributed by atoms with van der Waals surface area (Å²) in [5.41, 5.74) is 4.54. The Kier molecular flexibility index (Phi) is 14.0. The van der Waals surface area contributed by atoms with Gasteiger partial charge in [0.1, 0.15) is 0 Å². The standard InChI is InChI=1S/C41H62O3Si/c1-6-7-8-10-32-12-14-34(15-13-32)35-16-18-36(19-17-35)37-20-22-38(23-21-37)39-24-26-40(27-25-39)45(4,5)28-9-11-33(29-42)30-44-41(43)31(2)3/h20-27,32-36,42H,2,6-19,28-30H2,1,3-5H3. The molecule has 2 fully saturated rings. The minimum absolute atomic E-state index is 0.0107. The Morgan fingerprint density at radius 1 is 0.867 bits per heavy atom. The monoisotopic (exact) mass is 630 g/mol. The van der Waals surface area contributed by atoms with Crippen LogP contribution in [0, 0.1) is 23.7 Å². The number of hydrogen-bond acceptors (Lipinski definition) is 3. The van der Waals surface area contributed by atoms with Crippen LogP contribution in [0.15, 0.2) is 60.7 Å². The minimum Gasteiger partial charge on any atom is -0.462 e. The normalized spacial score (nSPS) is 23.0. The second-order valence-corrected chi connectivity index (χ2v) is 20.1. The molecule has 4 rings (SSSR count). The van der Waals surface area contributed by atoms with Gasteiger partial charge in [-0.05, 0) is 92.2 Å². The first-order chi connectivity index (χ1) is 21.7. The van der Waals surface area contributed by atoms with E-state index < -0.39 is 8.07 Å². The molecule has 0 spiro atoms. The molecule has 0 aromatic heterocycles. The van der Waals surface area contributed by atoms with E-state index in [1.807, 2.05) is 0 Å². The molecule has 2 aromatic rings. The molecule has 1 unspecified atom stereocenters. The summed E-state index contributed by atoms with van der Waals surface area (Å²) >= 11 is 0. The van der Waals surface area contributed by atoms with Gasteiger partial charge in [0.15, 0.2) is 0 Å². The van der Waals surface area contributed by atoms with Gasteiger partial charge in [0.05, 0.1) is 14.7 Å². The van der Waals surface area contributed by atoms with Crippen LogP contribution in [-0.4, -0.2) is 32.4 Å². The van der Waals surface area contributed by atoms with Crippen molar-refractivity contribution in [3.8, 4) is 11.1 Å². The number of aliphatic hydroxyl groups is 1. The molecule has 2 aliphatic rings. The van der Waals surface area contributed by atoms with Gasteiger partial charge < -0.3 is 9.84 Å². The SMILES string of the molecule is C=C(C)C(=O)OCC(CO)CCC[Si](C)(C)c1ccc(-c2ccc(C3CCC(C4CCC(CCCCC)CC4)CC3)cc2)cc1. The Morgan fingerprint density at radius 2 is 1.44 bits per heavy atom. The lowest BCUT2D eigenvalue weighted by molar-refractivity contribution is -0.140. The summed E-state index contributed by atoms with van der Waals surface area (Å²) in [4.78, 5) is 11.7. The molecule has 45 heavy (non-hydrogen) atoms. The van der Waals surface area contributed by atoms with E-state index in [1.165, 1.54) is 98.9 Å². The van der Waals surface area contributed by atoms with Crippen LogP contribution < -0.4 is 5.19 Å². The number of benzene rings is 2. The number of ether oxygens (including phenoxy) is 1. The molecule has 2 saturated carbocycles. The molecule has 0 bridgehead atoms. The van der Waals surface area contributed by atoms with Crippen LogP contribution in [0.5, 0.6) is 0 Å². The van der Waals surface area contributed by atoms with Crippen molar-refractivity contribution < 1.29 is 14.6 Å². The van der Waals surface area contributed by atoms with Crippen molar-refractivity contribution in [2.75, 3.05) is 13.2 Å². The molecule has 2 aliphatic carbocycles. The first-order valence-corrected chi connectivity index (χ1v) is 21.5. The molecule has 2 aromatic carbocycles. The first-order valence-electron chi connectivity index (χ1n) is 18.3. The molecule has 4 heteroatoms. The van der Waals surface area contributed by atoms with Gasteiger partial charge in [-0.15, -0.1) is 0 Å². The quantitative estimate of drug-likeness (QED) is 0.0869. The van der Waals surface area contributed by atoms with Crippen LogP contribution in [0.3, 0.4) is 0 Å². The minimum atomic E-state index is -1.61. The summed E-state index contributed by atoms with van der Waals surface area (Å²) in [6.07, 6.45) is 19.2. The van der Waals surface area contributed by atoms with Crippen LogP contribution in [0.4, 0.5) is 0 Å². The number of esters is 1. The Labute approximate surface area is 276 Å². The molecule has 3 nitrogen and oxygen atoms in total. The highest BCUT2D eigenvalue weighted by atomic mass is 28.3. The van der Waals surface area contributed by atoms with E-state index in [-0.39, 0.29) is 25.1 Å². The predicted molar refractivity (Wildman–Crippen MR) is 194 cm³/mol. The molecular formula is C41H62O3Si. The number of aliphatic hydroxyl groups excluding tert-OH is 1. The third-order valence-corrected chi connectivity index (χ3v) is 14.9. The maximum atomic E-state index is 11.7. The first kappa shape index (κ1) is 35.7. The average molecular weight is 631 g/mol. The molecule has 248 valence electrons. The van der Waals surface area contributed by atoms with Gasteiger partial charge in [0, 0.05) is 18.1 Å². The van der Waals surface area contributed by atoms with Crippen LogP contribution in [0.25, 0.3) is 11.1 Å². The van der Waals surface area contributed by atoms with Gasteiger partial charge in [-0.2, -0.15) is 0 Å².